The second kappa shape index (κ2) is 6.84. The summed E-state index contributed by atoms with van der Waals surface area (Å²) in [6.07, 6.45) is 5.56. The van der Waals surface area contributed by atoms with Crippen molar-refractivity contribution in [3.8, 4) is 0 Å². The van der Waals surface area contributed by atoms with Crippen molar-refractivity contribution in [3.63, 3.8) is 0 Å². The molecule has 2 heterocycles. The molecule has 132 valence electrons. The van der Waals surface area contributed by atoms with E-state index >= 15 is 0 Å². The van der Waals surface area contributed by atoms with E-state index in [0.717, 1.165) is 30.3 Å². The standard InChI is InChI=1S/C18H23N5O2/c24-17(7-8-23-11-19-15-3-1-2-4-16(15)23)20-13-5-6-14-12(9-13)10-18(25)22-21-14/h1-4,11-14,21H,5-10H2,(H,20,24)(H,22,25). The summed E-state index contributed by atoms with van der Waals surface area (Å²) < 4.78 is 2.02. The number of nitrogens with zero attached hydrogens (tertiary/aromatic N) is 2. The zero-order valence-corrected chi connectivity index (χ0v) is 14.1. The summed E-state index contributed by atoms with van der Waals surface area (Å²) in [7, 11) is 0. The number of nitrogens with one attached hydrogen (secondary N) is 3. The Labute approximate surface area is 146 Å². The minimum atomic E-state index is 0.0419. The van der Waals surface area contributed by atoms with Crippen LogP contribution in [0.15, 0.2) is 30.6 Å². The van der Waals surface area contributed by atoms with Crippen molar-refractivity contribution < 1.29 is 9.59 Å². The van der Waals surface area contributed by atoms with Crippen LogP contribution < -0.4 is 16.2 Å². The van der Waals surface area contributed by atoms with Gasteiger partial charge in [0.05, 0.1) is 17.4 Å². The highest BCUT2D eigenvalue weighted by atomic mass is 16.2. The molecule has 1 aromatic heterocycles. The number of amides is 2. The van der Waals surface area contributed by atoms with Gasteiger partial charge in [0.15, 0.2) is 0 Å². The minimum Gasteiger partial charge on any atom is -0.353 e. The first-order valence-corrected chi connectivity index (χ1v) is 8.92. The Kier molecular flexibility index (Phi) is 4.40. The second-order valence-electron chi connectivity index (χ2n) is 7.02. The predicted molar refractivity (Wildman–Crippen MR) is 93.3 cm³/mol. The van der Waals surface area contributed by atoms with Gasteiger partial charge in [-0.25, -0.2) is 10.4 Å². The first-order valence-electron chi connectivity index (χ1n) is 8.92. The van der Waals surface area contributed by atoms with E-state index in [0.29, 0.717) is 31.3 Å². The molecule has 3 N–H and O–H groups in total. The maximum atomic E-state index is 12.3. The van der Waals surface area contributed by atoms with Crippen molar-refractivity contribution in [3.05, 3.63) is 30.6 Å². The van der Waals surface area contributed by atoms with E-state index in [4.69, 9.17) is 0 Å². The Bertz CT molecular complexity index is 787. The number of fused-ring (bicyclic) bond motifs is 2. The van der Waals surface area contributed by atoms with Crippen molar-refractivity contribution >= 4 is 22.8 Å². The monoisotopic (exact) mass is 341 g/mol. The topological polar surface area (TPSA) is 88.0 Å². The van der Waals surface area contributed by atoms with E-state index in [9.17, 15) is 9.59 Å². The average Bonchev–Trinajstić information content (AvgIpc) is 3.03. The van der Waals surface area contributed by atoms with Crippen molar-refractivity contribution in [2.75, 3.05) is 0 Å². The molecular formula is C18H23N5O2. The molecule has 2 amide bonds. The van der Waals surface area contributed by atoms with Crippen molar-refractivity contribution in [2.45, 2.75) is 50.7 Å². The Hall–Kier alpha value is -2.41. The molecule has 0 spiro atoms. The Balaban J connectivity index is 1.30. The highest BCUT2D eigenvalue weighted by molar-refractivity contribution is 5.78. The zero-order chi connectivity index (χ0) is 17.2. The van der Waals surface area contributed by atoms with Gasteiger partial charge in [-0.3, -0.25) is 15.0 Å². The molecule has 7 heteroatoms. The molecule has 0 radical (unpaired) electrons. The largest absolute Gasteiger partial charge is 0.353 e. The van der Waals surface area contributed by atoms with Crippen LogP contribution in [0.3, 0.4) is 0 Å². The molecule has 0 bridgehead atoms. The third-order valence-corrected chi connectivity index (χ3v) is 5.30. The summed E-state index contributed by atoms with van der Waals surface area (Å²) >= 11 is 0. The summed E-state index contributed by atoms with van der Waals surface area (Å²) in [5.41, 5.74) is 7.78. The van der Waals surface area contributed by atoms with Gasteiger partial charge in [-0.15, -0.1) is 0 Å². The van der Waals surface area contributed by atoms with Gasteiger partial charge in [0.25, 0.3) is 0 Å². The molecule has 1 saturated heterocycles. The first kappa shape index (κ1) is 16.1. The molecule has 7 nitrogen and oxygen atoms in total. The average molecular weight is 341 g/mol. The van der Waals surface area contributed by atoms with Crippen molar-refractivity contribution in [1.82, 2.24) is 25.7 Å². The number of aromatic nitrogens is 2. The van der Waals surface area contributed by atoms with Gasteiger partial charge in [-0.1, -0.05) is 12.1 Å². The summed E-state index contributed by atoms with van der Waals surface area (Å²) in [6, 6.07) is 8.43. The lowest BCUT2D eigenvalue weighted by Gasteiger charge is -2.39. The highest BCUT2D eigenvalue weighted by Gasteiger charge is 2.35. The summed E-state index contributed by atoms with van der Waals surface area (Å²) in [6.45, 7) is 0.620. The fraction of sp³-hybridized carbons (Fsp3) is 0.500. The van der Waals surface area contributed by atoms with Gasteiger partial charge in [0, 0.05) is 31.5 Å². The van der Waals surface area contributed by atoms with Gasteiger partial charge < -0.3 is 9.88 Å². The number of imidazole rings is 1. The van der Waals surface area contributed by atoms with Crippen LogP contribution in [0.25, 0.3) is 11.0 Å². The molecule has 2 fully saturated rings. The fourth-order valence-corrected chi connectivity index (χ4v) is 3.98. The second-order valence-corrected chi connectivity index (χ2v) is 7.02. The Morgan fingerprint density at radius 3 is 3.12 bits per heavy atom. The van der Waals surface area contributed by atoms with Gasteiger partial charge in [0.2, 0.25) is 11.8 Å². The molecule has 1 aromatic carbocycles. The SMILES string of the molecule is O=C1CC2CC(NC(=O)CCn3cnc4ccccc43)CCC2NN1. The first-order chi connectivity index (χ1) is 12.2. The maximum absolute atomic E-state index is 12.3. The maximum Gasteiger partial charge on any atom is 0.234 e. The van der Waals surface area contributed by atoms with Crippen LogP contribution in [0.4, 0.5) is 0 Å². The number of hydrogen-bond donors (Lipinski definition) is 3. The summed E-state index contributed by atoms with van der Waals surface area (Å²) in [5, 5.41) is 3.15. The number of carbonyl (C=O) groups is 2. The molecule has 4 rings (SSSR count). The lowest BCUT2D eigenvalue weighted by Crippen LogP contribution is -2.57. The number of rotatable bonds is 4. The van der Waals surface area contributed by atoms with Gasteiger partial charge in [0.1, 0.15) is 0 Å². The summed E-state index contributed by atoms with van der Waals surface area (Å²) in [4.78, 5) is 28.2. The lowest BCUT2D eigenvalue weighted by molar-refractivity contribution is -0.126. The highest BCUT2D eigenvalue weighted by Crippen LogP contribution is 2.29. The van der Waals surface area contributed by atoms with Gasteiger partial charge in [-0.2, -0.15) is 0 Å². The van der Waals surface area contributed by atoms with Crippen LogP contribution >= 0.6 is 0 Å². The number of para-hydroxylation sites is 2. The number of hydrogen-bond acceptors (Lipinski definition) is 4. The zero-order valence-electron chi connectivity index (χ0n) is 14.1. The van der Waals surface area contributed by atoms with Crippen LogP contribution in [-0.4, -0.2) is 33.4 Å². The summed E-state index contributed by atoms with van der Waals surface area (Å²) in [5.74, 6) is 0.417. The fourth-order valence-electron chi connectivity index (χ4n) is 3.98. The van der Waals surface area contributed by atoms with E-state index in [1.54, 1.807) is 6.33 Å². The molecule has 1 saturated carbocycles. The van der Waals surface area contributed by atoms with E-state index in [1.165, 1.54) is 0 Å². The van der Waals surface area contributed by atoms with E-state index < -0.39 is 0 Å². The molecular weight excluding hydrogens is 318 g/mol. The van der Waals surface area contributed by atoms with E-state index in [2.05, 4.69) is 21.2 Å². The molecule has 1 aliphatic carbocycles. The molecule has 1 aliphatic heterocycles. The van der Waals surface area contributed by atoms with Crippen molar-refractivity contribution in [1.29, 1.82) is 0 Å². The lowest BCUT2D eigenvalue weighted by atomic mass is 9.79. The number of carbonyl (C=O) groups excluding carboxylic acids is 2. The van der Waals surface area contributed by atoms with Gasteiger partial charge >= 0.3 is 0 Å². The smallest absolute Gasteiger partial charge is 0.234 e. The minimum absolute atomic E-state index is 0.0419. The predicted octanol–water partition coefficient (Wildman–Crippen LogP) is 1.10. The van der Waals surface area contributed by atoms with E-state index in [-0.39, 0.29) is 17.9 Å². The molecule has 2 aromatic rings. The van der Waals surface area contributed by atoms with Gasteiger partial charge in [-0.05, 0) is 37.3 Å². The Morgan fingerprint density at radius 1 is 1.32 bits per heavy atom. The van der Waals surface area contributed by atoms with Crippen LogP contribution in [0.5, 0.6) is 0 Å². The van der Waals surface area contributed by atoms with Crippen LogP contribution in [0.2, 0.25) is 0 Å². The third kappa shape index (κ3) is 3.51. The normalized spacial score (nSPS) is 26.1. The molecule has 2 aliphatic rings. The van der Waals surface area contributed by atoms with Crippen molar-refractivity contribution in [2.24, 2.45) is 5.92 Å². The number of aryl methyl sites for hydroxylation is 1. The van der Waals surface area contributed by atoms with Crippen LogP contribution in [-0.2, 0) is 16.1 Å². The quantitative estimate of drug-likeness (QED) is 0.777. The Morgan fingerprint density at radius 2 is 2.20 bits per heavy atom. The number of hydrazine groups is 1. The number of benzene rings is 1. The van der Waals surface area contributed by atoms with Crippen LogP contribution in [0, 0.1) is 5.92 Å². The molecule has 3 atom stereocenters. The van der Waals surface area contributed by atoms with Crippen LogP contribution in [0.1, 0.15) is 32.1 Å². The molecule has 25 heavy (non-hydrogen) atoms. The van der Waals surface area contributed by atoms with E-state index in [1.807, 2.05) is 28.8 Å². The molecule has 3 unspecified atom stereocenters. The third-order valence-electron chi connectivity index (χ3n) is 5.30.